The molecule has 9 heteroatoms. The zero-order chi connectivity index (χ0) is 21.5. The van der Waals surface area contributed by atoms with Crippen molar-refractivity contribution in [1.29, 1.82) is 0 Å². The molecule has 0 aliphatic carbocycles. The molecule has 5 rings (SSSR count). The molecule has 0 spiro atoms. The van der Waals surface area contributed by atoms with Gasteiger partial charge < -0.3 is 9.30 Å². The molecule has 3 aromatic heterocycles. The average molecular weight is 422 g/mol. The van der Waals surface area contributed by atoms with Gasteiger partial charge in [0.25, 0.3) is 5.56 Å². The fraction of sp³-hybridized carbons (Fsp3) is 0.409. The molecule has 0 unspecified atom stereocenters. The molecule has 31 heavy (non-hydrogen) atoms. The summed E-state index contributed by atoms with van der Waals surface area (Å²) in [5.74, 6) is 0.685. The molecule has 0 amide bonds. The SMILES string of the molecule is Cc1cn2c3c(=O)n(Cc4ccccc4)c(=O)n(C)c3nc2n1CCN1CCOCC1. The number of aryl methyl sites for hydroxylation is 2. The molecule has 4 aromatic rings. The van der Waals surface area contributed by atoms with Crippen molar-refractivity contribution in [2.75, 3.05) is 32.8 Å². The van der Waals surface area contributed by atoms with Crippen LogP contribution in [0.1, 0.15) is 11.3 Å². The molecule has 1 fully saturated rings. The summed E-state index contributed by atoms with van der Waals surface area (Å²) in [6.07, 6.45) is 1.93. The van der Waals surface area contributed by atoms with Gasteiger partial charge in [0.1, 0.15) is 0 Å². The molecule has 0 bridgehead atoms. The average Bonchev–Trinajstić information content (AvgIpc) is 3.30. The van der Waals surface area contributed by atoms with Gasteiger partial charge in [0.2, 0.25) is 5.78 Å². The molecule has 1 saturated heterocycles. The Kier molecular flexibility index (Phi) is 4.99. The molecular weight excluding hydrogens is 396 g/mol. The number of morpholine rings is 1. The molecule has 4 heterocycles. The monoisotopic (exact) mass is 422 g/mol. The molecule has 0 saturated carbocycles. The maximum atomic E-state index is 13.4. The molecule has 1 aliphatic heterocycles. The van der Waals surface area contributed by atoms with Crippen LogP contribution in [0.4, 0.5) is 0 Å². The second-order valence-corrected chi connectivity index (χ2v) is 8.05. The van der Waals surface area contributed by atoms with E-state index in [-0.39, 0.29) is 17.8 Å². The lowest BCUT2D eigenvalue weighted by atomic mass is 10.2. The van der Waals surface area contributed by atoms with E-state index in [9.17, 15) is 9.59 Å². The molecule has 1 aliphatic rings. The second-order valence-electron chi connectivity index (χ2n) is 8.05. The van der Waals surface area contributed by atoms with Gasteiger partial charge in [-0.15, -0.1) is 0 Å². The Morgan fingerprint density at radius 3 is 2.52 bits per heavy atom. The number of benzene rings is 1. The highest BCUT2D eigenvalue weighted by Crippen LogP contribution is 2.16. The lowest BCUT2D eigenvalue weighted by Crippen LogP contribution is -2.39. The highest BCUT2D eigenvalue weighted by Gasteiger charge is 2.21. The predicted molar refractivity (Wildman–Crippen MR) is 118 cm³/mol. The third kappa shape index (κ3) is 3.39. The fourth-order valence-electron chi connectivity index (χ4n) is 4.30. The van der Waals surface area contributed by atoms with Crippen molar-refractivity contribution in [2.45, 2.75) is 20.0 Å². The van der Waals surface area contributed by atoms with E-state index >= 15 is 0 Å². The Hall–Kier alpha value is -3.17. The van der Waals surface area contributed by atoms with Crippen LogP contribution in [0.5, 0.6) is 0 Å². The first-order valence-electron chi connectivity index (χ1n) is 10.6. The van der Waals surface area contributed by atoms with E-state index in [2.05, 4.69) is 9.47 Å². The summed E-state index contributed by atoms with van der Waals surface area (Å²) in [7, 11) is 1.67. The second kappa shape index (κ2) is 7.82. The quantitative estimate of drug-likeness (QED) is 0.476. The van der Waals surface area contributed by atoms with Gasteiger partial charge in [-0.25, -0.2) is 4.79 Å². The number of imidazole rings is 2. The Balaban J connectivity index is 1.60. The van der Waals surface area contributed by atoms with Crippen LogP contribution >= 0.6 is 0 Å². The predicted octanol–water partition coefficient (Wildman–Crippen LogP) is 0.838. The fourth-order valence-corrected chi connectivity index (χ4v) is 4.30. The number of fused-ring (bicyclic) bond motifs is 3. The minimum Gasteiger partial charge on any atom is -0.379 e. The third-order valence-electron chi connectivity index (χ3n) is 6.07. The molecule has 0 radical (unpaired) electrons. The highest BCUT2D eigenvalue weighted by atomic mass is 16.5. The van der Waals surface area contributed by atoms with Crippen molar-refractivity contribution in [2.24, 2.45) is 7.05 Å². The van der Waals surface area contributed by atoms with Gasteiger partial charge in [-0.2, -0.15) is 4.98 Å². The summed E-state index contributed by atoms with van der Waals surface area (Å²) in [5.41, 5.74) is 2.09. The van der Waals surface area contributed by atoms with Crippen molar-refractivity contribution >= 4 is 16.9 Å². The van der Waals surface area contributed by atoms with E-state index in [1.807, 2.05) is 47.9 Å². The minimum absolute atomic E-state index is 0.228. The first-order chi connectivity index (χ1) is 15.0. The normalized spacial score (nSPS) is 15.3. The van der Waals surface area contributed by atoms with E-state index in [1.165, 1.54) is 9.13 Å². The molecule has 1 aromatic carbocycles. The zero-order valence-electron chi connectivity index (χ0n) is 17.8. The van der Waals surface area contributed by atoms with Crippen LogP contribution in [0.25, 0.3) is 16.9 Å². The largest absolute Gasteiger partial charge is 0.379 e. The zero-order valence-corrected chi connectivity index (χ0v) is 17.8. The van der Waals surface area contributed by atoms with Gasteiger partial charge in [0, 0.05) is 45.1 Å². The van der Waals surface area contributed by atoms with Crippen LogP contribution in [0.2, 0.25) is 0 Å². The Bertz CT molecular complexity index is 1360. The maximum absolute atomic E-state index is 13.4. The van der Waals surface area contributed by atoms with Crippen LogP contribution in [-0.2, 0) is 24.9 Å². The molecule has 0 N–H and O–H groups in total. The number of nitrogens with zero attached hydrogens (tertiary/aromatic N) is 6. The summed E-state index contributed by atoms with van der Waals surface area (Å²) >= 11 is 0. The summed E-state index contributed by atoms with van der Waals surface area (Å²) in [4.78, 5) is 33.4. The topological polar surface area (TPSA) is 78.7 Å². The maximum Gasteiger partial charge on any atom is 0.332 e. The van der Waals surface area contributed by atoms with Crippen LogP contribution < -0.4 is 11.2 Å². The van der Waals surface area contributed by atoms with Crippen molar-refractivity contribution in [3.05, 3.63) is 68.6 Å². The molecule has 162 valence electrons. The molecule has 9 nitrogen and oxygen atoms in total. The number of rotatable bonds is 5. The number of hydrogen-bond donors (Lipinski definition) is 0. The Morgan fingerprint density at radius 1 is 1.03 bits per heavy atom. The van der Waals surface area contributed by atoms with Crippen molar-refractivity contribution in [3.63, 3.8) is 0 Å². The van der Waals surface area contributed by atoms with Gasteiger partial charge >= 0.3 is 5.69 Å². The Morgan fingerprint density at radius 2 is 1.77 bits per heavy atom. The van der Waals surface area contributed by atoms with Crippen molar-refractivity contribution < 1.29 is 4.74 Å². The van der Waals surface area contributed by atoms with E-state index in [4.69, 9.17) is 9.72 Å². The number of hydrogen-bond acceptors (Lipinski definition) is 5. The van der Waals surface area contributed by atoms with Crippen molar-refractivity contribution in [3.8, 4) is 0 Å². The van der Waals surface area contributed by atoms with E-state index in [1.54, 1.807) is 7.05 Å². The smallest absolute Gasteiger partial charge is 0.332 e. The molecule has 0 atom stereocenters. The first-order valence-corrected chi connectivity index (χ1v) is 10.6. The van der Waals surface area contributed by atoms with E-state index < -0.39 is 0 Å². The minimum atomic E-state index is -0.362. The summed E-state index contributed by atoms with van der Waals surface area (Å²) < 4.78 is 12.1. The van der Waals surface area contributed by atoms with Gasteiger partial charge in [0.15, 0.2) is 11.2 Å². The lowest BCUT2D eigenvalue weighted by Gasteiger charge is -2.26. The third-order valence-corrected chi connectivity index (χ3v) is 6.07. The summed E-state index contributed by atoms with van der Waals surface area (Å²) in [6.45, 7) is 7.26. The highest BCUT2D eigenvalue weighted by molar-refractivity contribution is 5.75. The first kappa shape index (κ1) is 19.8. The van der Waals surface area contributed by atoms with Crippen LogP contribution in [-0.4, -0.2) is 60.8 Å². The Labute approximate surface area is 178 Å². The van der Waals surface area contributed by atoms with Gasteiger partial charge in [0.05, 0.1) is 19.8 Å². The van der Waals surface area contributed by atoms with Crippen LogP contribution in [0, 0.1) is 6.92 Å². The van der Waals surface area contributed by atoms with Crippen LogP contribution in [0.3, 0.4) is 0 Å². The van der Waals surface area contributed by atoms with Crippen molar-refractivity contribution in [1.82, 2.24) is 28.0 Å². The standard InChI is InChI=1S/C22H26N6O3/c1-16-14-27-18-19(23-21(27)26(16)9-8-25-10-12-31-13-11-25)24(2)22(30)28(20(18)29)15-17-6-4-3-5-7-17/h3-7,14H,8-13,15H2,1-2H3. The summed E-state index contributed by atoms with van der Waals surface area (Å²) in [5, 5.41) is 0. The lowest BCUT2D eigenvalue weighted by molar-refractivity contribution is 0.0364. The van der Waals surface area contributed by atoms with Crippen LogP contribution in [0.15, 0.2) is 46.1 Å². The van der Waals surface area contributed by atoms with E-state index in [0.717, 1.165) is 50.7 Å². The summed E-state index contributed by atoms with van der Waals surface area (Å²) in [6, 6.07) is 9.54. The van der Waals surface area contributed by atoms with E-state index in [0.29, 0.717) is 16.9 Å². The molecular formula is C22H26N6O3. The number of ether oxygens (including phenoxy) is 1. The number of aromatic nitrogens is 5. The van der Waals surface area contributed by atoms with Gasteiger partial charge in [-0.3, -0.25) is 23.2 Å². The van der Waals surface area contributed by atoms with Gasteiger partial charge in [-0.1, -0.05) is 30.3 Å². The van der Waals surface area contributed by atoms with Gasteiger partial charge in [-0.05, 0) is 12.5 Å².